The first-order valence-electron chi connectivity index (χ1n) is 5.51. The molecule has 0 radical (unpaired) electrons. The van der Waals surface area contributed by atoms with Gasteiger partial charge in [0.05, 0.1) is 6.54 Å². The highest BCUT2D eigenvalue weighted by molar-refractivity contribution is 5.83. The van der Waals surface area contributed by atoms with E-state index in [1.54, 1.807) is 0 Å². The summed E-state index contributed by atoms with van der Waals surface area (Å²) in [6, 6.07) is 8.04. The molecule has 0 saturated carbocycles. The maximum Gasteiger partial charge on any atom is 0.150 e. The molecule has 0 unspecified atom stereocenters. The first kappa shape index (κ1) is 11.9. The van der Waals surface area contributed by atoms with Gasteiger partial charge in [0, 0.05) is 6.42 Å². The van der Waals surface area contributed by atoms with Crippen molar-refractivity contribution in [1.82, 2.24) is 5.32 Å². The summed E-state index contributed by atoms with van der Waals surface area (Å²) < 4.78 is 0. The number of aryl methyl sites for hydroxylation is 1. The van der Waals surface area contributed by atoms with E-state index in [-0.39, 0.29) is 5.78 Å². The highest BCUT2D eigenvalue weighted by Crippen LogP contribution is 2.07. The zero-order chi connectivity index (χ0) is 11.1. The molecule has 2 nitrogen and oxygen atoms in total. The zero-order valence-electron chi connectivity index (χ0n) is 9.55. The summed E-state index contributed by atoms with van der Waals surface area (Å²) in [5.41, 5.74) is 2.34. The second-order valence-electron chi connectivity index (χ2n) is 3.82. The molecule has 0 fully saturated rings. The van der Waals surface area contributed by atoms with Crippen LogP contribution in [-0.2, 0) is 11.2 Å². The van der Waals surface area contributed by atoms with Crippen LogP contribution >= 0.6 is 0 Å². The van der Waals surface area contributed by atoms with Crippen LogP contribution in [0.15, 0.2) is 24.3 Å². The number of hydrogen-bond donors (Lipinski definition) is 1. The molecule has 15 heavy (non-hydrogen) atoms. The molecule has 1 aromatic rings. The van der Waals surface area contributed by atoms with Crippen molar-refractivity contribution in [1.29, 1.82) is 0 Å². The van der Waals surface area contributed by atoms with E-state index in [0.29, 0.717) is 13.0 Å². The van der Waals surface area contributed by atoms with Crippen molar-refractivity contribution < 1.29 is 4.79 Å². The van der Waals surface area contributed by atoms with Crippen molar-refractivity contribution >= 4 is 5.78 Å². The van der Waals surface area contributed by atoms with E-state index in [1.165, 1.54) is 5.56 Å². The quantitative estimate of drug-likeness (QED) is 0.721. The van der Waals surface area contributed by atoms with Crippen LogP contribution in [0, 0.1) is 6.92 Å². The predicted molar refractivity (Wildman–Crippen MR) is 63.1 cm³/mol. The molecular formula is C13H19NO. The molecule has 0 aliphatic rings. The van der Waals surface area contributed by atoms with Crippen molar-refractivity contribution in [2.45, 2.75) is 26.7 Å². The lowest BCUT2D eigenvalue weighted by Crippen LogP contribution is -2.24. The van der Waals surface area contributed by atoms with Gasteiger partial charge in [-0.15, -0.1) is 0 Å². The van der Waals surface area contributed by atoms with E-state index in [4.69, 9.17) is 0 Å². The summed E-state index contributed by atoms with van der Waals surface area (Å²) in [5, 5.41) is 3.12. The lowest BCUT2D eigenvalue weighted by atomic mass is 10.0. The first-order chi connectivity index (χ1) is 7.24. The minimum Gasteiger partial charge on any atom is -0.310 e. The standard InChI is InChI=1S/C13H19NO/c1-3-8-14-10-13(15)9-12-7-5-4-6-11(12)2/h4-7,14H,3,8-10H2,1-2H3. The molecule has 0 bridgehead atoms. The molecule has 0 amide bonds. The van der Waals surface area contributed by atoms with Crippen LogP contribution in [0.5, 0.6) is 0 Å². The van der Waals surface area contributed by atoms with Crippen LogP contribution in [0.4, 0.5) is 0 Å². The molecule has 82 valence electrons. The second kappa shape index (κ2) is 6.36. The van der Waals surface area contributed by atoms with Gasteiger partial charge in [0.2, 0.25) is 0 Å². The van der Waals surface area contributed by atoms with Gasteiger partial charge in [-0.2, -0.15) is 0 Å². The Kier molecular flexibility index (Phi) is 5.05. The Balaban J connectivity index is 2.41. The fourth-order valence-corrected chi connectivity index (χ4v) is 1.49. The van der Waals surface area contributed by atoms with Gasteiger partial charge in [-0.3, -0.25) is 4.79 Å². The smallest absolute Gasteiger partial charge is 0.150 e. The average Bonchev–Trinajstić information content (AvgIpc) is 2.22. The van der Waals surface area contributed by atoms with Crippen LogP contribution in [0.3, 0.4) is 0 Å². The van der Waals surface area contributed by atoms with Gasteiger partial charge >= 0.3 is 0 Å². The third-order valence-electron chi connectivity index (χ3n) is 2.40. The van der Waals surface area contributed by atoms with Crippen molar-refractivity contribution in [2.75, 3.05) is 13.1 Å². The Morgan fingerprint density at radius 3 is 2.73 bits per heavy atom. The summed E-state index contributed by atoms with van der Waals surface area (Å²) in [4.78, 5) is 11.6. The van der Waals surface area contributed by atoms with Crippen LogP contribution < -0.4 is 5.32 Å². The largest absolute Gasteiger partial charge is 0.310 e. The van der Waals surface area contributed by atoms with Gasteiger partial charge in [0.1, 0.15) is 0 Å². The van der Waals surface area contributed by atoms with Crippen molar-refractivity contribution in [3.05, 3.63) is 35.4 Å². The average molecular weight is 205 g/mol. The molecule has 0 aliphatic carbocycles. The highest BCUT2D eigenvalue weighted by atomic mass is 16.1. The minimum absolute atomic E-state index is 0.262. The summed E-state index contributed by atoms with van der Waals surface area (Å²) in [7, 11) is 0. The molecule has 1 N–H and O–H groups in total. The number of benzene rings is 1. The molecule has 0 spiro atoms. The molecule has 1 aromatic carbocycles. The summed E-state index contributed by atoms with van der Waals surface area (Å²) in [6.07, 6.45) is 1.61. The molecule has 0 saturated heterocycles. The first-order valence-corrected chi connectivity index (χ1v) is 5.51. The fourth-order valence-electron chi connectivity index (χ4n) is 1.49. The summed E-state index contributed by atoms with van der Waals surface area (Å²) in [5.74, 6) is 0.262. The van der Waals surface area contributed by atoms with E-state index >= 15 is 0 Å². The molecule has 0 atom stereocenters. The lowest BCUT2D eigenvalue weighted by molar-refractivity contribution is -0.117. The fraction of sp³-hybridized carbons (Fsp3) is 0.462. The van der Waals surface area contributed by atoms with Crippen LogP contribution in [0.1, 0.15) is 24.5 Å². The molecule has 0 aliphatic heterocycles. The highest BCUT2D eigenvalue weighted by Gasteiger charge is 2.04. The minimum atomic E-state index is 0.262. The number of carbonyl (C=O) groups is 1. The van der Waals surface area contributed by atoms with Gasteiger partial charge in [-0.1, -0.05) is 31.2 Å². The van der Waals surface area contributed by atoms with Crippen LogP contribution in [0.2, 0.25) is 0 Å². The van der Waals surface area contributed by atoms with E-state index in [1.807, 2.05) is 31.2 Å². The Morgan fingerprint density at radius 1 is 1.33 bits per heavy atom. The molecular weight excluding hydrogens is 186 g/mol. The number of nitrogens with one attached hydrogen (secondary N) is 1. The van der Waals surface area contributed by atoms with Crippen molar-refractivity contribution in [3.8, 4) is 0 Å². The third kappa shape index (κ3) is 4.26. The summed E-state index contributed by atoms with van der Waals surface area (Å²) >= 11 is 0. The molecule has 0 aromatic heterocycles. The molecule has 1 rings (SSSR count). The number of carbonyl (C=O) groups excluding carboxylic acids is 1. The Bertz CT molecular complexity index is 320. The van der Waals surface area contributed by atoms with Gasteiger partial charge in [0.15, 0.2) is 5.78 Å². The third-order valence-corrected chi connectivity index (χ3v) is 2.40. The van der Waals surface area contributed by atoms with E-state index in [2.05, 4.69) is 12.2 Å². The van der Waals surface area contributed by atoms with Crippen molar-refractivity contribution in [3.63, 3.8) is 0 Å². The maximum atomic E-state index is 11.6. The van der Waals surface area contributed by atoms with E-state index in [0.717, 1.165) is 18.5 Å². The van der Waals surface area contributed by atoms with Gasteiger partial charge in [-0.25, -0.2) is 0 Å². The van der Waals surface area contributed by atoms with E-state index < -0.39 is 0 Å². The number of ketones is 1. The van der Waals surface area contributed by atoms with Crippen LogP contribution in [0.25, 0.3) is 0 Å². The Hall–Kier alpha value is -1.15. The SMILES string of the molecule is CCCNCC(=O)Cc1ccccc1C. The number of hydrogen-bond acceptors (Lipinski definition) is 2. The Labute approximate surface area is 91.7 Å². The second-order valence-corrected chi connectivity index (χ2v) is 3.82. The summed E-state index contributed by atoms with van der Waals surface area (Å²) in [6.45, 7) is 5.54. The normalized spacial score (nSPS) is 10.3. The monoisotopic (exact) mass is 205 g/mol. The molecule has 0 heterocycles. The number of Topliss-reactive ketones (excluding diaryl/α,β-unsaturated/α-hetero) is 1. The van der Waals surface area contributed by atoms with Gasteiger partial charge < -0.3 is 5.32 Å². The van der Waals surface area contributed by atoms with Crippen molar-refractivity contribution in [2.24, 2.45) is 0 Å². The van der Waals surface area contributed by atoms with Gasteiger partial charge in [0.25, 0.3) is 0 Å². The lowest BCUT2D eigenvalue weighted by Gasteiger charge is -2.05. The zero-order valence-corrected chi connectivity index (χ0v) is 9.55. The predicted octanol–water partition coefficient (Wildman–Crippen LogP) is 2.11. The molecule has 2 heteroatoms. The topological polar surface area (TPSA) is 29.1 Å². The number of rotatable bonds is 6. The Morgan fingerprint density at radius 2 is 2.07 bits per heavy atom. The van der Waals surface area contributed by atoms with E-state index in [9.17, 15) is 4.79 Å². The maximum absolute atomic E-state index is 11.6. The van der Waals surface area contributed by atoms with Gasteiger partial charge in [-0.05, 0) is 31.0 Å². The van der Waals surface area contributed by atoms with Crippen LogP contribution in [-0.4, -0.2) is 18.9 Å².